The van der Waals surface area contributed by atoms with Gasteiger partial charge in [0.1, 0.15) is 0 Å². The van der Waals surface area contributed by atoms with E-state index in [0.29, 0.717) is 6.04 Å². The van der Waals surface area contributed by atoms with E-state index >= 15 is 0 Å². The molecule has 2 rings (SSSR count). The van der Waals surface area contributed by atoms with Crippen molar-refractivity contribution in [2.24, 2.45) is 5.92 Å². The average molecular weight is 318 g/mol. The molecule has 0 saturated carbocycles. The van der Waals surface area contributed by atoms with Crippen LogP contribution in [0.5, 0.6) is 0 Å². The maximum Gasteiger partial charge on any atom is 0.0468 e. The lowest BCUT2D eigenvalue weighted by Gasteiger charge is -2.38. The Morgan fingerprint density at radius 2 is 1.90 bits per heavy atom. The summed E-state index contributed by atoms with van der Waals surface area (Å²) in [4.78, 5) is 0. The fourth-order valence-corrected chi connectivity index (χ4v) is 6.59. The van der Waals surface area contributed by atoms with Gasteiger partial charge in [0, 0.05) is 41.3 Å². The zero-order valence-electron chi connectivity index (χ0n) is 13.1. The molecule has 0 spiro atoms. The summed E-state index contributed by atoms with van der Waals surface area (Å²) in [5.74, 6) is 3.56. The van der Waals surface area contributed by atoms with Crippen molar-refractivity contribution < 1.29 is 4.74 Å². The molecule has 3 unspecified atom stereocenters. The van der Waals surface area contributed by atoms with Gasteiger partial charge < -0.3 is 10.1 Å². The quantitative estimate of drug-likeness (QED) is 0.771. The smallest absolute Gasteiger partial charge is 0.0468 e. The van der Waals surface area contributed by atoms with E-state index in [4.69, 9.17) is 4.74 Å². The first-order chi connectivity index (χ1) is 9.85. The van der Waals surface area contributed by atoms with Crippen LogP contribution >= 0.6 is 23.5 Å². The van der Waals surface area contributed by atoms with E-state index in [9.17, 15) is 0 Å². The van der Waals surface area contributed by atoms with Gasteiger partial charge in [0.15, 0.2) is 0 Å². The molecule has 20 heavy (non-hydrogen) atoms. The van der Waals surface area contributed by atoms with Crippen LogP contribution in [0, 0.1) is 5.92 Å². The SMILES string of the molecule is CCCNC(CC1CCOCC1)C1SCCSC1CC. The number of ether oxygens (including phenoxy) is 1. The Labute approximate surface area is 133 Å². The fraction of sp³-hybridized carbons (Fsp3) is 1.00. The van der Waals surface area contributed by atoms with Crippen molar-refractivity contribution in [1.29, 1.82) is 0 Å². The Balaban J connectivity index is 1.93. The van der Waals surface area contributed by atoms with Crippen LogP contribution < -0.4 is 5.32 Å². The second-order valence-corrected chi connectivity index (χ2v) is 8.64. The predicted molar refractivity (Wildman–Crippen MR) is 93.0 cm³/mol. The lowest BCUT2D eigenvalue weighted by Crippen LogP contribution is -2.46. The van der Waals surface area contributed by atoms with Crippen LogP contribution in [0.1, 0.15) is 46.0 Å². The van der Waals surface area contributed by atoms with Gasteiger partial charge >= 0.3 is 0 Å². The predicted octanol–water partition coefficient (Wildman–Crippen LogP) is 3.80. The first kappa shape index (κ1) is 17.0. The Bertz CT molecular complexity index is 259. The third kappa shape index (κ3) is 5.11. The van der Waals surface area contributed by atoms with Crippen LogP contribution in [0.25, 0.3) is 0 Å². The average Bonchev–Trinajstić information content (AvgIpc) is 2.52. The number of hydrogen-bond acceptors (Lipinski definition) is 4. The summed E-state index contributed by atoms with van der Waals surface area (Å²) < 4.78 is 5.52. The molecule has 0 aromatic carbocycles. The lowest BCUT2D eigenvalue weighted by molar-refractivity contribution is 0.0604. The third-order valence-electron chi connectivity index (χ3n) is 4.48. The summed E-state index contributed by atoms with van der Waals surface area (Å²) in [5, 5.41) is 5.54. The van der Waals surface area contributed by atoms with Crippen LogP contribution in [0.2, 0.25) is 0 Å². The standard InChI is InChI=1S/C16H31NOS2/c1-3-7-17-14(12-13-5-8-18-9-6-13)16-15(4-2)19-10-11-20-16/h13-17H,3-12H2,1-2H3. The zero-order valence-corrected chi connectivity index (χ0v) is 14.7. The minimum atomic E-state index is 0.709. The largest absolute Gasteiger partial charge is 0.381 e. The molecule has 0 bridgehead atoms. The molecular formula is C16H31NOS2. The first-order valence-corrected chi connectivity index (χ1v) is 10.5. The van der Waals surface area contributed by atoms with Gasteiger partial charge in [-0.05, 0) is 44.6 Å². The van der Waals surface area contributed by atoms with Crippen molar-refractivity contribution in [3.63, 3.8) is 0 Å². The normalized spacial score (nSPS) is 30.3. The summed E-state index contributed by atoms with van der Waals surface area (Å²) in [6.45, 7) is 7.77. The van der Waals surface area contributed by atoms with Gasteiger partial charge in [-0.3, -0.25) is 0 Å². The summed E-state index contributed by atoms with van der Waals surface area (Å²) >= 11 is 4.44. The van der Waals surface area contributed by atoms with Crippen molar-refractivity contribution in [3.8, 4) is 0 Å². The highest BCUT2D eigenvalue weighted by Crippen LogP contribution is 2.37. The van der Waals surface area contributed by atoms with Crippen LogP contribution in [0.4, 0.5) is 0 Å². The molecule has 2 fully saturated rings. The number of rotatable bonds is 7. The Hall–Kier alpha value is 0.620. The second-order valence-electron chi connectivity index (χ2n) is 6.00. The summed E-state index contributed by atoms with van der Waals surface area (Å²) in [5.41, 5.74) is 0. The molecule has 2 aliphatic heterocycles. The maximum atomic E-state index is 5.52. The van der Waals surface area contributed by atoms with Gasteiger partial charge in [-0.1, -0.05) is 13.8 Å². The summed E-state index contributed by atoms with van der Waals surface area (Å²) in [6, 6.07) is 0.709. The molecule has 2 saturated heterocycles. The Kier molecular flexibility index (Phi) is 8.15. The molecule has 0 aromatic rings. The van der Waals surface area contributed by atoms with Crippen molar-refractivity contribution >= 4 is 23.5 Å². The first-order valence-electron chi connectivity index (χ1n) is 8.39. The molecule has 4 heteroatoms. The van der Waals surface area contributed by atoms with Gasteiger partial charge in [-0.2, -0.15) is 23.5 Å². The molecule has 0 aromatic heterocycles. The minimum Gasteiger partial charge on any atom is -0.381 e. The van der Waals surface area contributed by atoms with E-state index in [1.807, 2.05) is 0 Å². The minimum absolute atomic E-state index is 0.709. The Morgan fingerprint density at radius 1 is 1.15 bits per heavy atom. The van der Waals surface area contributed by atoms with E-state index in [2.05, 4.69) is 42.7 Å². The van der Waals surface area contributed by atoms with E-state index in [1.54, 1.807) is 0 Å². The van der Waals surface area contributed by atoms with Crippen molar-refractivity contribution in [1.82, 2.24) is 5.32 Å². The molecule has 0 aliphatic carbocycles. The van der Waals surface area contributed by atoms with Crippen LogP contribution in [0.3, 0.4) is 0 Å². The molecule has 0 radical (unpaired) electrons. The fourth-order valence-electron chi connectivity index (χ4n) is 3.32. The number of hydrogen-bond donors (Lipinski definition) is 1. The van der Waals surface area contributed by atoms with E-state index < -0.39 is 0 Å². The van der Waals surface area contributed by atoms with Crippen LogP contribution in [0.15, 0.2) is 0 Å². The van der Waals surface area contributed by atoms with Gasteiger partial charge in [0.25, 0.3) is 0 Å². The van der Waals surface area contributed by atoms with Gasteiger partial charge in [-0.25, -0.2) is 0 Å². The highest BCUT2D eigenvalue weighted by molar-refractivity contribution is 8.07. The van der Waals surface area contributed by atoms with Gasteiger partial charge in [0.05, 0.1) is 0 Å². The van der Waals surface area contributed by atoms with Gasteiger partial charge in [-0.15, -0.1) is 0 Å². The highest BCUT2D eigenvalue weighted by Gasteiger charge is 2.33. The van der Waals surface area contributed by atoms with E-state index in [-0.39, 0.29) is 0 Å². The van der Waals surface area contributed by atoms with Gasteiger partial charge in [0.2, 0.25) is 0 Å². The highest BCUT2D eigenvalue weighted by atomic mass is 32.2. The molecule has 0 amide bonds. The van der Waals surface area contributed by atoms with Crippen LogP contribution in [-0.4, -0.2) is 47.8 Å². The Morgan fingerprint density at radius 3 is 2.60 bits per heavy atom. The van der Waals surface area contributed by atoms with E-state index in [0.717, 1.165) is 29.6 Å². The van der Waals surface area contributed by atoms with Crippen molar-refractivity contribution in [2.75, 3.05) is 31.3 Å². The molecule has 2 nitrogen and oxygen atoms in total. The van der Waals surface area contributed by atoms with Crippen molar-refractivity contribution in [2.45, 2.75) is 62.5 Å². The number of thioether (sulfide) groups is 2. The molecule has 3 atom stereocenters. The van der Waals surface area contributed by atoms with E-state index in [1.165, 1.54) is 50.2 Å². The molecule has 2 heterocycles. The molecule has 2 aliphatic rings. The maximum absolute atomic E-state index is 5.52. The lowest BCUT2D eigenvalue weighted by atomic mass is 9.90. The monoisotopic (exact) mass is 317 g/mol. The topological polar surface area (TPSA) is 21.3 Å². The molecule has 1 N–H and O–H groups in total. The summed E-state index contributed by atoms with van der Waals surface area (Å²) in [7, 11) is 0. The summed E-state index contributed by atoms with van der Waals surface area (Å²) in [6.07, 6.45) is 6.46. The van der Waals surface area contributed by atoms with Crippen LogP contribution in [-0.2, 0) is 4.74 Å². The van der Waals surface area contributed by atoms with Crippen molar-refractivity contribution in [3.05, 3.63) is 0 Å². The molecular weight excluding hydrogens is 286 g/mol. The number of nitrogens with one attached hydrogen (secondary N) is 1. The zero-order chi connectivity index (χ0) is 14.2. The third-order valence-corrected chi connectivity index (χ3v) is 7.88. The molecule has 118 valence electrons. The second kappa shape index (κ2) is 9.60.